The third kappa shape index (κ3) is 2.58. The summed E-state index contributed by atoms with van der Waals surface area (Å²) in [5.74, 6) is 0.530. The van der Waals surface area contributed by atoms with Crippen LogP contribution in [-0.4, -0.2) is 15.5 Å². The molecule has 0 spiro atoms. The molecule has 1 amide bonds. The van der Waals surface area contributed by atoms with Gasteiger partial charge in [0.25, 0.3) is 0 Å². The monoisotopic (exact) mass is 297 g/mol. The first-order valence-corrected chi connectivity index (χ1v) is 7.47. The highest BCUT2D eigenvalue weighted by atomic mass is 35.5. The first kappa shape index (κ1) is 15.4. The number of nitrogens with zero attached hydrogens (tertiary/aromatic N) is 2. The number of aromatic nitrogens is 2. The average molecular weight is 298 g/mol. The Hall–Kier alpha value is -1.03. The summed E-state index contributed by atoms with van der Waals surface area (Å²) >= 11 is 0. The number of nitrogens with two attached hydrogens (primary N) is 1. The summed E-state index contributed by atoms with van der Waals surface area (Å²) in [5.41, 5.74) is 5.94. The molecule has 0 bridgehead atoms. The van der Waals surface area contributed by atoms with E-state index in [0.717, 1.165) is 24.5 Å². The number of halogens is 1. The predicted octanol–water partition coefficient (Wildman–Crippen LogP) is 2.96. The van der Waals surface area contributed by atoms with Crippen molar-refractivity contribution in [1.29, 1.82) is 0 Å². The van der Waals surface area contributed by atoms with Crippen LogP contribution in [0.15, 0.2) is 12.5 Å². The van der Waals surface area contributed by atoms with Crippen molar-refractivity contribution >= 4 is 18.3 Å². The Labute approximate surface area is 126 Å². The fraction of sp³-hybridized carbons (Fsp3) is 0.733. The van der Waals surface area contributed by atoms with Crippen LogP contribution in [0.4, 0.5) is 0 Å². The minimum Gasteiger partial charge on any atom is -0.369 e. The molecule has 1 heterocycles. The quantitative estimate of drug-likeness (QED) is 0.929. The first-order valence-electron chi connectivity index (χ1n) is 7.47. The average Bonchev–Trinajstić information content (AvgIpc) is 3.11. The van der Waals surface area contributed by atoms with Crippen LogP contribution in [0.1, 0.15) is 63.6 Å². The Balaban J connectivity index is 0.00000147. The number of hydrogen-bond acceptors (Lipinski definition) is 2. The van der Waals surface area contributed by atoms with Gasteiger partial charge in [-0.3, -0.25) is 4.79 Å². The fourth-order valence-corrected chi connectivity index (χ4v) is 3.42. The molecule has 2 aliphatic rings. The van der Waals surface area contributed by atoms with E-state index in [1.165, 1.54) is 32.1 Å². The molecular weight excluding hydrogens is 274 g/mol. The Kier molecular flexibility index (Phi) is 4.43. The van der Waals surface area contributed by atoms with Gasteiger partial charge < -0.3 is 10.3 Å². The normalized spacial score (nSPS) is 22.9. The number of carbonyl (C=O) groups is 1. The molecule has 1 aromatic heterocycles. The number of amides is 1. The second-order valence-corrected chi connectivity index (χ2v) is 6.29. The second-order valence-electron chi connectivity index (χ2n) is 6.29. The van der Waals surface area contributed by atoms with E-state index in [0.29, 0.717) is 6.04 Å². The van der Waals surface area contributed by atoms with Crippen molar-refractivity contribution in [1.82, 2.24) is 9.55 Å². The van der Waals surface area contributed by atoms with Crippen molar-refractivity contribution in [2.45, 2.75) is 63.3 Å². The number of imidazole rings is 1. The number of hydrogen-bond donors (Lipinski definition) is 1. The van der Waals surface area contributed by atoms with Gasteiger partial charge in [-0.05, 0) is 38.5 Å². The summed E-state index contributed by atoms with van der Waals surface area (Å²) in [7, 11) is 0. The second kappa shape index (κ2) is 5.76. The molecule has 0 unspecified atom stereocenters. The van der Waals surface area contributed by atoms with Crippen molar-refractivity contribution in [2.75, 3.05) is 0 Å². The summed E-state index contributed by atoms with van der Waals surface area (Å²) in [5, 5.41) is 0. The van der Waals surface area contributed by atoms with Gasteiger partial charge in [0.2, 0.25) is 5.91 Å². The maximum atomic E-state index is 11.5. The van der Waals surface area contributed by atoms with Crippen LogP contribution in [0.3, 0.4) is 0 Å². The van der Waals surface area contributed by atoms with Gasteiger partial charge >= 0.3 is 0 Å². The van der Waals surface area contributed by atoms with Crippen molar-refractivity contribution in [3.05, 3.63) is 18.2 Å². The molecule has 112 valence electrons. The molecular formula is C15H24ClN3O. The van der Waals surface area contributed by atoms with Crippen LogP contribution in [0, 0.1) is 5.92 Å². The third-order valence-electron chi connectivity index (χ3n) is 5.12. The zero-order valence-electron chi connectivity index (χ0n) is 12.0. The van der Waals surface area contributed by atoms with E-state index in [1.54, 1.807) is 0 Å². The van der Waals surface area contributed by atoms with E-state index in [4.69, 9.17) is 5.73 Å². The summed E-state index contributed by atoms with van der Waals surface area (Å²) in [4.78, 5) is 16.0. The molecule has 0 saturated heterocycles. The Morgan fingerprint density at radius 2 is 2.05 bits per heavy atom. The Bertz CT molecular complexity index is 475. The van der Waals surface area contributed by atoms with E-state index in [1.807, 2.05) is 6.33 Å². The largest absolute Gasteiger partial charge is 0.369 e. The molecule has 4 nitrogen and oxygen atoms in total. The van der Waals surface area contributed by atoms with Crippen LogP contribution in [0.2, 0.25) is 0 Å². The lowest BCUT2D eigenvalue weighted by Crippen LogP contribution is -2.28. The molecule has 20 heavy (non-hydrogen) atoms. The van der Waals surface area contributed by atoms with Crippen molar-refractivity contribution in [2.24, 2.45) is 11.7 Å². The highest BCUT2D eigenvalue weighted by Gasteiger charge is 2.52. The topological polar surface area (TPSA) is 60.9 Å². The van der Waals surface area contributed by atoms with Crippen LogP contribution >= 0.6 is 12.4 Å². The van der Waals surface area contributed by atoms with E-state index < -0.39 is 5.41 Å². The summed E-state index contributed by atoms with van der Waals surface area (Å²) in [6.07, 6.45) is 12.4. The van der Waals surface area contributed by atoms with Gasteiger partial charge in [-0.25, -0.2) is 4.98 Å². The minimum absolute atomic E-state index is 0. The molecule has 0 aromatic carbocycles. The summed E-state index contributed by atoms with van der Waals surface area (Å²) in [6.45, 7) is 2.27. The first-order chi connectivity index (χ1) is 9.13. The van der Waals surface area contributed by atoms with Gasteiger partial charge in [-0.1, -0.05) is 19.3 Å². The maximum Gasteiger partial charge on any atom is 0.229 e. The minimum atomic E-state index is -0.447. The lowest BCUT2D eigenvalue weighted by Gasteiger charge is -2.28. The van der Waals surface area contributed by atoms with E-state index in [9.17, 15) is 4.79 Å². The van der Waals surface area contributed by atoms with Crippen LogP contribution < -0.4 is 5.73 Å². The molecule has 2 fully saturated rings. The summed E-state index contributed by atoms with van der Waals surface area (Å²) < 4.78 is 2.19. The highest BCUT2D eigenvalue weighted by Crippen LogP contribution is 2.47. The van der Waals surface area contributed by atoms with Gasteiger partial charge in [0.15, 0.2) is 0 Å². The number of rotatable bonds is 4. The molecule has 2 saturated carbocycles. The van der Waals surface area contributed by atoms with Crippen LogP contribution in [0.25, 0.3) is 0 Å². The fourth-order valence-electron chi connectivity index (χ4n) is 3.42. The molecule has 0 aliphatic heterocycles. The van der Waals surface area contributed by atoms with Crippen molar-refractivity contribution in [3.63, 3.8) is 0 Å². The maximum absolute atomic E-state index is 11.5. The number of carbonyl (C=O) groups excluding carboxylic acids is 1. The van der Waals surface area contributed by atoms with Gasteiger partial charge in [0.1, 0.15) is 0 Å². The molecule has 1 atom stereocenters. The van der Waals surface area contributed by atoms with E-state index in [-0.39, 0.29) is 18.3 Å². The lowest BCUT2D eigenvalue weighted by molar-refractivity contribution is -0.120. The van der Waals surface area contributed by atoms with Crippen LogP contribution in [-0.2, 0) is 10.2 Å². The molecule has 0 radical (unpaired) electrons. The van der Waals surface area contributed by atoms with Gasteiger partial charge in [0, 0.05) is 12.2 Å². The van der Waals surface area contributed by atoms with E-state index in [2.05, 4.69) is 22.7 Å². The molecule has 2 N–H and O–H groups in total. The third-order valence-corrected chi connectivity index (χ3v) is 5.12. The highest BCUT2D eigenvalue weighted by molar-refractivity contribution is 5.89. The number of primary amides is 1. The zero-order chi connectivity index (χ0) is 13.5. The molecule has 2 aliphatic carbocycles. The lowest BCUT2D eigenvalue weighted by atomic mass is 9.84. The van der Waals surface area contributed by atoms with Crippen LogP contribution in [0.5, 0.6) is 0 Å². The SMILES string of the molecule is C[C@H](C1CCCCC1)n1cnc(C2(C(N)=O)CC2)c1.Cl. The molecule has 5 heteroatoms. The molecule has 1 aromatic rings. The smallest absolute Gasteiger partial charge is 0.229 e. The van der Waals surface area contributed by atoms with Crippen molar-refractivity contribution < 1.29 is 4.79 Å². The van der Waals surface area contributed by atoms with E-state index >= 15 is 0 Å². The summed E-state index contributed by atoms with van der Waals surface area (Å²) in [6, 6.07) is 0.477. The van der Waals surface area contributed by atoms with Gasteiger partial charge in [-0.15, -0.1) is 12.4 Å². The van der Waals surface area contributed by atoms with Gasteiger partial charge in [0.05, 0.1) is 17.4 Å². The predicted molar refractivity (Wildman–Crippen MR) is 80.9 cm³/mol. The standard InChI is InChI=1S/C15H23N3O.ClH/c1-11(12-5-3-2-4-6-12)18-9-13(17-10-18)15(7-8-15)14(16)19;/h9-12H,2-8H2,1H3,(H2,16,19);1H/t11-;/m1./s1. The van der Waals surface area contributed by atoms with Crippen molar-refractivity contribution in [3.8, 4) is 0 Å². The Morgan fingerprint density at radius 3 is 2.60 bits per heavy atom. The zero-order valence-corrected chi connectivity index (χ0v) is 12.9. The molecule has 3 rings (SSSR count). The van der Waals surface area contributed by atoms with Gasteiger partial charge in [-0.2, -0.15) is 0 Å². The Morgan fingerprint density at radius 1 is 1.40 bits per heavy atom.